The Bertz CT molecular complexity index is 5050. The zero-order valence-corrected chi connectivity index (χ0v) is 52.1. The summed E-state index contributed by atoms with van der Waals surface area (Å²) in [5.74, 6) is 0. The van der Waals surface area contributed by atoms with Crippen molar-refractivity contribution in [2.24, 2.45) is 0 Å². The van der Waals surface area contributed by atoms with E-state index in [0.717, 1.165) is 11.4 Å². The Labute approximate surface area is 510 Å². The Kier molecular flexibility index (Phi) is 10.6. The maximum atomic E-state index is 2.64. The van der Waals surface area contributed by atoms with E-state index in [2.05, 4.69) is 314 Å². The molecule has 0 aliphatic carbocycles. The van der Waals surface area contributed by atoms with E-state index in [1.165, 1.54) is 160 Å². The number of nitrogens with zero attached hydrogens (tertiary/aromatic N) is 4. The van der Waals surface area contributed by atoms with Crippen LogP contribution in [-0.4, -0.2) is 15.5 Å². The normalized spacial score (nSPS) is 13.9. The minimum Gasteiger partial charge on any atom is -0.311 e. The lowest BCUT2D eigenvalue weighted by molar-refractivity contribution is 0.590. The predicted octanol–water partition coefficient (Wildman–Crippen LogP) is 20.6. The summed E-state index contributed by atoms with van der Waals surface area (Å²) in [5.41, 5.74) is 28.6. The lowest BCUT2D eigenvalue weighted by Gasteiger charge is -2.44. The molecular formula is C82H71BN4. The Morgan fingerprint density at radius 1 is 0.264 bits per heavy atom. The lowest BCUT2D eigenvalue weighted by atomic mass is 9.33. The zero-order chi connectivity index (χ0) is 59.5. The fourth-order valence-electron chi connectivity index (χ4n) is 15.3. The number of aromatic nitrogens is 2. The molecule has 6 heterocycles. The topological polar surface area (TPSA) is 15.3 Å². The van der Waals surface area contributed by atoms with Gasteiger partial charge in [-0.25, -0.2) is 0 Å². The van der Waals surface area contributed by atoms with Gasteiger partial charge in [-0.15, -0.1) is 0 Å². The monoisotopic (exact) mass is 1120 g/mol. The van der Waals surface area contributed by atoms with Crippen LogP contribution < -0.4 is 26.2 Å². The molecule has 0 unspecified atom stereocenters. The average molecular weight is 1120 g/mol. The van der Waals surface area contributed by atoms with Gasteiger partial charge in [0.2, 0.25) is 0 Å². The molecule has 422 valence electrons. The van der Waals surface area contributed by atoms with Gasteiger partial charge < -0.3 is 18.6 Å². The lowest BCUT2D eigenvalue weighted by Crippen LogP contribution is -2.61. The molecule has 87 heavy (non-hydrogen) atoms. The largest absolute Gasteiger partial charge is 0.311 e. The fraction of sp³-hybridized carbons (Fsp3) is 0.195. The van der Waals surface area contributed by atoms with E-state index in [1.807, 2.05) is 0 Å². The van der Waals surface area contributed by atoms with Crippen molar-refractivity contribution in [1.29, 1.82) is 0 Å². The van der Waals surface area contributed by atoms with Crippen molar-refractivity contribution in [3.8, 4) is 22.3 Å². The highest BCUT2D eigenvalue weighted by Crippen LogP contribution is 2.51. The van der Waals surface area contributed by atoms with E-state index in [0.29, 0.717) is 0 Å². The molecule has 4 aromatic heterocycles. The van der Waals surface area contributed by atoms with Gasteiger partial charge in [0.1, 0.15) is 0 Å². The quantitative estimate of drug-likeness (QED) is 0.163. The van der Waals surface area contributed by atoms with Gasteiger partial charge in [0.25, 0.3) is 6.71 Å². The molecule has 0 amide bonds. The van der Waals surface area contributed by atoms with Crippen molar-refractivity contribution in [3.63, 3.8) is 0 Å². The average Bonchev–Trinajstić information content (AvgIpc) is 1.65. The predicted molar refractivity (Wildman–Crippen MR) is 375 cm³/mol. The van der Waals surface area contributed by atoms with Crippen molar-refractivity contribution in [3.05, 3.63) is 235 Å². The van der Waals surface area contributed by atoms with Crippen molar-refractivity contribution in [2.75, 3.05) is 9.80 Å². The van der Waals surface area contributed by atoms with E-state index in [-0.39, 0.29) is 28.4 Å². The molecule has 11 aromatic carbocycles. The third kappa shape index (κ3) is 7.51. The maximum Gasteiger partial charge on any atom is 0.252 e. The number of anilines is 6. The first-order valence-electron chi connectivity index (χ1n) is 31.4. The Hall–Kier alpha value is -9.32. The number of fused-ring (bicyclic) bond motifs is 16. The molecule has 0 atom stereocenters. The van der Waals surface area contributed by atoms with Gasteiger partial charge in [-0.3, -0.25) is 0 Å². The molecule has 0 bridgehead atoms. The molecule has 0 saturated carbocycles. The van der Waals surface area contributed by atoms with Crippen LogP contribution >= 0.6 is 0 Å². The van der Waals surface area contributed by atoms with Crippen LogP contribution in [-0.2, 0) is 21.7 Å². The van der Waals surface area contributed by atoms with Gasteiger partial charge in [-0.05, 0) is 180 Å². The van der Waals surface area contributed by atoms with Gasteiger partial charge in [0.05, 0.1) is 33.1 Å². The minimum atomic E-state index is -0.126. The SMILES string of the molecule is CC(C)(C)c1ccc2c(c1)c1cc(C(C)(C)C)cc3c4cc5c(cc4n2c13)N(c1cccc(-c2ccccc2)c1)c1cccc2c1B5c1cc3c4cc(C(C)(C)C)cc5c6cc(C(C)(C)C)ccc6n(c3cc1N2c1cccc(-c2ccccc2)c1)c54. The number of hydrogen-bond acceptors (Lipinski definition) is 2. The number of benzene rings is 11. The molecule has 0 saturated heterocycles. The third-order valence-corrected chi connectivity index (χ3v) is 19.9. The summed E-state index contributed by atoms with van der Waals surface area (Å²) in [4.78, 5) is 5.22. The molecule has 15 aromatic rings. The highest BCUT2D eigenvalue weighted by atomic mass is 15.2. The third-order valence-electron chi connectivity index (χ3n) is 19.9. The molecular weight excluding hydrogens is 1050 g/mol. The van der Waals surface area contributed by atoms with Gasteiger partial charge in [0.15, 0.2) is 0 Å². The molecule has 4 nitrogen and oxygen atoms in total. The van der Waals surface area contributed by atoms with E-state index in [4.69, 9.17) is 0 Å². The first-order chi connectivity index (χ1) is 41.7. The molecule has 0 radical (unpaired) electrons. The fourth-order valence-corrected chi connectivity index (χ4v) is 15.3. The molecule has 0 N–H and O–H groups in total. The number of hydrogen-bond donors (Lipinski definition) is 0. The summed E-state index contributed by atoms with van der Waals surface area (Å²) < 4.78 is 5.22. The van der Waals surface area contributed by atoms with Crippen LogP contribution in [0.5, 0.6) is 0 Å². The highest BCUT2D eigenvalue weighted by molar-refractivity contribution is 7.00. The second-order valence-corrected chi connectivity index (χ2v) is 29.5. The summed E-state index contributed by atoms with van der Waals surface area (Å²) in [5, 5.41) is 10.5. The number of rotatable bonds is 4. The molecule has 0 fully saturated rings. The zero-order valence-electron chi connectivity index (χ0n) is 52.1. The van der Waals surface area contributed by atoms with E-state index in [9.17, 15) is 0 Å². The van der Waals surface area contributed by atoms with Crippen LogP contribution in [0.3, 0.4) is 0 Å². The van der Waals surface area contributed by atoms with Gasteiger partial charge in [-0.2, -0.15) is 0 Å². The maximum absolute atomic E-state index is 2.64. The Morgan fingerprint density at radius 2 is 0.609 bits per heavy atom. The van der Waals surface area contributed by atoms with Crippen molar-refractivity contribution in [2.45, 2.75) is 105 Å². The van der Waals surface area contributed by atoms with E-state index < -0.39 is 0 Å². The highest BCUT2D eigenvalue weighted by Gasteiger charge is 2.45. The minimum absolute atomic E-state index is 0.00103. The summed E-state index contributed by atoms with van der Waals surface area (Å²) in [7, 11) is 0. The summed E-state index contributed by atoms with van der Waals surface area (Å²) >= 11 is 0. The van der Waals surface area contributed by atoms with Crippen molar-refractivity contribution >= 4 is 133 Å². The van der Waals surface area contributed by atoms with Crippen LogP contribution in [0.15, 0.2) is 212 Å². The standard InChI is InChI=1S/C82H71BN4/c1-79(2,3)52-32-34-68-58(38-52)62-40-54(81(7,8)9)42-64-60-44-66-74(46-72(60)86(68)77(62)64)84(56-28-19-26-50(36-56)48-22-15-13-16-23-48)70-30-21-31-71-76(70)83(66)67-45-61-65-43-55(82(10,11)12)41-63-59-39-53(80(4,5)6)33-35-69(59)87(78(63)65)73(61)47-75(67)85(71)57-29-20-27-51(37-57)49-24-17-14-18-25-49/h13-47H,1-12H3. The Balaban J connectivity index is 1.02. The summed E-state index contributed by atoms with van der Waals surface area (Å²) in [6.45, 7) is 28.1. The van der Waals surface area contributed by atoms with Crippen molar-refractivity contribution < 1.29 is 0 Å². The van der Waals surface area contributed by atoms with Gasteiger partial charge in [-0.1, -0.05) is 198 Å². The van der Waals surface area contributed by atoms with Crippen LogP contribution in [0.4, 0.5) is 34.1 Å². The summed E-state index contributed by atoms with van der Waals surface area (Å²) in [6.07, 6.45) is 0. The molecule has 17 rings (SSSR count). The molecule has 2 aliphatic rings. The second kappa shape index (κ2) is 17.7. The molecule has 2 aliphatic heterocycles. The Morgan fingerprint density at radius 3 is 0.989 bits per heavy atom. The molecule has 0 spiro atoms. The van der Waals surface area contributed by atoms with Crippen LogP contribution in [0, 0.1) is 0 Å². The summed E-state index contributed by atoms with van der Waals surface area (Å²) in [6, 6.07) is 82.4. The first-order valence-corrected chi connectivity index (χ1v) is 31.4. The van der Waals surface area contributed by atoms with E-state index >= 15 is 0 Å². The smallest absolute Gasteiger partial charge is 0.252 e. The first kappa shape index (κ1) is 52.0. The van der Waals surface area contributed by atoms with Gasteiger partial charge >= 0.3 is 0 Å². The van der Waals surface area contributed by atoms with Crippen LogP contribution in [0.25, 0.3) is 98.4 Å². The van der Waals surface area contributed by atoms with Crippen molar-refractivity contribution in [1.82, 2.24) is 8.80 Å². The second-order valence-electron chi connectivity index (χ2n) is 29.5. The van der Waals surface area contributed by atoms with Crippen LogP contribution in [0.1, 0.15) is 105 Å². The molecule has 5 heteroatoms. The van der Waals surface area contributed by atoms with Crippen LogP contribution in [0.2, 0.25) is 0 Å². The van der Waals surface area contributed by atoms with Gasteiger partial charge in [0, 0.05) is 77.2 Å². The van der Waals surface area contributed by atoms with E-state index in [1.54, 1.807) is 0 Å².